The number of halogens is 3. The number of ether oxygens (including phenoxy) is 1. The van der Waals surface area contributed by atoms with Crippen LogP contribution in [0, 0.1) is 11.8 Å². The van der Waals surface area contributed by atoms with Gasteiger partial charge >= 0.3 is 6.18 Å². The number of hydrogen-bond acceptors (Lipinski definition) is 7. The van der Waals surface area contributed by atoms with Crippen molar-refractivity contribution in [3.63, 3.8) is 0 Å². The number of anilines is 1. The molecule has 1 aliphatic heterocycles. The Morgan fingerprint density at radius 3 is 2.46 bits per heavy atom. The second kappa shape index (κ2) is 9.54. The summed E-state index contributed by atoms with van der Waals surface area (Å²) in [6.45, 7) is 6.69. The van der Waals surface area contributed by atoms with E-state index in [0.717, 1.165) is 6.42 Å². The van der Waals surface area contributed by atoms with Gasteiger partial charge in [0, 0.05) is 24.3 Å². The molecule has 0 bridgehead atoms. The van der Waals surface area contributed by atoms with Crippen molar-refractivity contribution in [2.75, 3.05) is 11.4 Å². The third kappa shape index (κ3) is 5.58. The second-order valence-corrected chi connectivity index (χ2v) is 12.3. The molecule has 2 unspecified atom stereocenters. The first kappa shape index (κ1) is 27.0. The van der Waals surface area contributed by atoms with E-state index in [1.54, 1.807) is 18.2 Å². The van der Waals surface area contributed by atoms with Crippen LogP contribution < -0.4 is 14.4 Å². The molecule has 2 aromatic heterocycles. The zero-order valence-electron chi connectivity index (χ0n) is 21.5. The Morgan fingerprint density at radius 2 is 1.85 bits per heavy atom. The van der Waals surface area contributed by atoms with E-state index in [4.69, 9.17) is 4.74 Å². The number of amides is 1. The maximum atomic E-state index is 13.3. The van der Waals surface area contributed by atoms with Crippen molar-refractivity contribution in [2.45, 2.75) is 56.3 Å². The lowest BCUT2D eigenvalue weighted by atomic mass is 9.97. The molecule has 1 N–H and O–H groups in total. The SMILES string of the molecule is C[C@@H]1CN(c2nc(-n3ccc(OC4CC4C(F)(F)F)n3)ccc2C(=O)NS(=O)(=O)c2ccccc2)C(C)(C)C1. The topological polar surface area (TPSA) is 106 Å². The van der Waals surface area contributed by atoms with Crippen LogP contribution in [0.15, 0.2) is 59.6 Å². The fraction of sp³-hybridized carbons (Fsp3) is 0.423. The predicted octanol–water partition coefficient (Wildman–Crippen LogP) is 4.34. The lowest BCUT2D eigenvalue weighted by Gasteiger charge is -2.34. The molecule has 9 nitrogen and oxygen atoms in total. The third-order valence-corrected chi connectivity index (χ3v) is 8.28. The largest absolute Gasteiger partial charge is 0.473 e. The molecule has 13 heteroatoms. The van der Waals surface area contributed by atoms with Gasteiger partial charge in [-0.05, 0) is 56.9 Å². The normalized spacial score (nSPS) is 22.5. The van der Waals surface area contributed by atoms with E-state index in [0.29, 0.717) is 18.3 Å². The highest BCUT2D eigenvalue weighted by Crippen LogP contribution is 2.46. The number of hydrogen-bond donors (Lipinski definition) is 1. The van der Waals surface area contributed by atoms with E-state index in [1.165, 1.54) is 41.2 Å². The molecule has 1 saturated heterocycles. The molecule has 1 saturated carbocycles. The summed E-state index contributed by atoms with van der Waals surface area (Å²) in [5.41, 5.74) is -0.315. The Morgan fingerprint density at radius 1 is 1.13 bits per heavy atom. The van der Waals surface area contributed by atoms with Crippen LogP contribution in [0.2, 0.25) is 0 Å². The Kier molecular flexibility index (Phi) is 6.60. The lowest BCUT2D eigenvalue weighted by Crippen LogP contribution is -2.41. The monoisotopic (exact) mass is 563 g/mol. The Balaban J connectivity index is 1.45. The molecular formula is C26H28F3N5O4S. The van der Waals surface area contributed by atoms with Crippen molar-refractivity contribution >= 4 is 21.7 Å². The summed E-state index contributed by atoms with van der Waals surface area (Å²) < 4.78 is 73.1. The number of pyridine rings is 1. The van der Waals surface area contributed by atoms with Gasteiger partial charge < -0.3 is 9.64 Å². The molecule has 2 fully saturated rings. The summed E-state index contributed by atoms with van der Waals surface area (Å²) in [6, 6.07) is 12.0. The molecule has 1 aliphatic carbocycles. The molecule has 1 aromatic carbocycles. The molecule has 208 valence electrons. The highest BCUT2D eigenvalue weighted by Gasteiger charge is 2.58. The number of sulfonamides is 1. The minimum Gasteiger partial charge on any atom is -0.473 e. The Hall–Kier alpha value is -3.61. The molecule has 39 heavy (non-hydrogen) atoms. The van der Waals surface area contributed by atoms with Crippen LogP contribution in [0.5, 0.6) is 5.88 Å². The minimum absolute atomic E-state index is 0.0287. The number of rotatable bonds is 7. The van der Waals surface area contributed by atoms with Gasteiger partial charge in [0.15, 0.2) is 5.82 Å². The van der Waals surface area contributed by atoms with Gasteiger partial charge in [-0.3, -0.25) is 4.79 Å². The molecule has 3 aromatic rings. The summed E-state index contributed by atoms with van der Waals surface area (Å²) in [4.78, 5) is 19.9. The molecule has 2 aliphatic rings. The molecule has 3 heterocycles. The van der Waals surface area contributed by atoms with Crippen LogP contribution in [0.1, 0.15) is 44.0 Å². The van der Waals surface area contributed by atoms with Gasteiger partial charge in [-0.1, -0.05) is 25.1 Å². The fourth-order valence-electron chi connectivity index (χ4n) is 5.04. The standard InChI is InChI=1S/C26H28F3N5O4S/c1-16-14-25(2,3)33(15-16)23-18(24(35)32-39(36,37)17-7-5-4-6-8-17)9-10-21(30-23)34-12-11-22(31-34)38-20-13-19(20)26(27,28)29/h4-12,16,19-20H,13-15H2,1-3H3,(H,32,35)/t16-,19?,20?/m0/s1. The zero-order chi connectivity index (χ0) is 28.2. The van der Waals surface area contributed by atoms with Crippen LogP contribution in [0.25, 0.3) is 5.82 Å². The highest BCUT2D eigenvalue weighted by atomic mass is 32.2. The second-order valence-electron chi connectivity index (χ2n) is 10.7. The van der Waals surface area contributed by atoms with E-state index in [9.17, 15) is 26.4 Å². The molecule has 0 spiro atoms. The van der Waals surface area contributed by atoms with Crippen molar-refractivity contribution in [1.29, 1.82) is 0 Å². The summed E-state index contributed by atoms with van der Waals surface area (Å²) in [7, 11) is -4.13. The summed E-state index contributed by atoms with van der Waals surface area (Å²) in [5, 5.41) is 4.22. The smallest absolute Gasteiger partial charge is 0.395 e. The quantitative estimate of drug-likeness (QED) is 0.456. The maximum Gasteiger partial charge on any atom is 0.395 e. The van der Waals surface area contributed by atoms with E-state index in [1.807, 2.05) is 18.7 Å². The van der Waals surface area contributed by atoms with E-state index < -0.39 is 34.1 Å². The van der Waals surface area contributed by atoms with Crippen molar-refractivity contribution < 1.29 is 31.1 Å². The minimum atomic E-state index is -4.31. The number of carbonyl (C=O) groups excluding carboxylic acids is 1. The first-order chi connectivity index (χ1) is 18.2. The van der Waals surface area contributed by atoms with Crippen molar-refractivity contribution in [3.8, 4) is 11.7 Å². The van der Waals surface area contributed by atoms with Crippen LogP contribution in [-0.4, -0.2) is 53.5 Å². The van der Waals surface area contributed by atoms with Gasteiger partial charge in [0.25, 0.3) is 15.9 Å². The van der Waals surface area contributed by atoms with Gasteiger partial charge in [-0.2, -0.15) is 13.2 Å². The average molecular weight is 564 g/mol. The molecule has 3 atom stereocenters. The van der Waals surface area contributed by atoms with Crippen LogP contribution in [0.4, 0.5) is 19.0 Å². The van der Waals surface area contributed by atoms with Crippen LogP contribution in [-0.2, 0) is 10.0 Å². The molecular weight excluding hydrogens is 535 g/mol. The van der Waals surface area contributed by atoms with Gasteiger partial charge in [-0.25, -0.2) is 22.8 Å². The number of aromatic nitrogens is 3. The molecule has 5 rings (SSSR count). The van der Waals surface area contributed by atoms with Gasteiger partial charge in [0.1, 0.15) is 11.9 Å². The van der Waals surface area contributed by atoms with Gasteiger partial charge in [-0.15, -0.1) is 5.10 Å². The lowest BCUT2D eigenvalue weighted by molar-refractivity contribution is -0.153. The number of alkyl halides is 3. The van der Waals surface area contributed by atoms with Crippen LogP contribution in [0.3, 0.4) is 0 Å². The first-order valence-electron chi connectivity index (χ1n) is 12.4. The number of nitrogens with zero attached hydrogens (tertiary/aromatic N) is 4. The van der Waals surface area contributed by atoms with Crippen molar-refractivity contribution in [1.82, 2.24) is 19.5 Å². The fourth-order valence-corrected chi connectivity index (χ4v) is 6.03. The number of nitrogens with one attached hydrogen (secondary N) is 1. The van der Waals surface area contributed by atoms with E-state index in [-0.39, 0.29) is 34.1 Å². The van der Waals surface area contributed by atoms with Crippen LogP contribution >= 0.6 is 0 Å². The van der Waals surface area contributed by atoms with Crippen molar-refractivity contribution in [2.24, 2.45) is 11.8 Å². The zero-order valence-corrected chi connectivity index (χ0v) is 22.3. The number of benzene rings is 1. The Bertz CT molecular complexity index is 1490. The third-order valence-electron chi connectivity index (χ3n) is 6.94. The van der Waals surface area contributed by atoms with Crippen molar-refractivity contribution in [3.05, 3.63) is 60.3 Å². The molecule has 0 radical (unpaired) electrons. The summed E-state index contributed by atoms with van der Waals surface area (Å²) >= 11 is 0. The number of carbonyl (C=O) groups is 1. The molecule has 1 amide bonds. The van der Waals surface area contributed by atoms with Gasteiger partial charge in [0.05, 0.1) is 16.4 Å². The van der Waals surface area contributed by atoms with E-state index >= 15 is 0 Å². The maximum absolute atomic E-state index is 13.3. The average Bonchev–Trinajstić information content (AvgIpc) is 3.39. The Labute approximate surface area is 224 Å². The highest BCUT2D eigenvalue weighted by molar-refractivity contribution is 7.90. The summed E-state index contributed by atoms with van der Waals surface area (Å²) in [5.74, 6) is -1.45. The first-order valence-corrected chi connectivity index (χ1v) is 13.9. The predicted molar refractivity (Wildman–Crippen MR) is 136 cm³/mol. The van der Waals surface area contributed by atoms with E-state index in [2.05, 4.69) is 21.7 Å². The van der Waals surface area contributed by atoms with Gasteiger partial charge in [0.2, 0.25) is 5.88 Å². The summed E-state index contributed by atoms with van der Waals surface area (Å²) in [6.07, 6.45) is -3.07.